The van der Waals surface area contributed by atoms with Crippen molar-refractivity contribution in [3.05, 3.63) is 88.9 Å². The van der Waals surface area contributed by atoms with E-state index in [-0.39, 0.29) is 23.0 Å². The first-order chi connectivity index (χ1) is 14.5. The lowest BCUT2D eigenvalue weighted by Crippen LogP contribution is -2.51. The summed E-state index contributed by atoms with van der Waals surface area (Å²) in [6.45, 7) is 9.95. The molecule has 1 heterocycles. The van der Waals surface area contributed by atoms with Gasteiger partial charge in [0.15, 0.2) is 0 Å². The Kier molecular flexibility index (Phi) is 4.36. The minimum absolute atomic E-state index is 0.0846. The number of benzene rings is 2. The van der Waals surface area contributed by atoms with E-state index < -0.39 is 6.04 Å². The van der Waals surface area contributed by atoms with Gasteiger partial charge in [-0.2, -0.15) is 5.10 Å². The van der Waals surface area contributed by atoms with E-state index in [1.807, 2.05) is 48.1 Å². The highest BCUT2D eigenvalue weighted by Gasteiger charge is 2.57. The van der Waals surface area contributed by atoms with Crippen LogP contribution in [0.25, 0.3) is 16.1 Å². The summed E-state index contributed by atoms with van der Waals surface area (Å²) < 4.78 is 1.99. The first-order valence-electron chi connectivity index (χ1n) is 10.6. The number of ketones is 1. The topological polar surface area (TPSA) is 39.2 Å². The van der Waals surface area contributed by atoms with E-state index in [1.165, 1.54) is 11.1 Å². The SMILES string of the molecule is [C-]#[N+]C1C[C@]2(C)c3nn(C)c(-c4ccccc4)c3CC[C@H]2[C@H](c2ccccc2)C1=O. The number of rotatable bonds is 2. The molecule has 1 saturated carbocycles. The van der Waals surface area contributed by atoms with Crippen LogP contribution in [0.3, 0.4) is 0 Å². The zero-order valence-electron chi connectivity index (χ0n) is 17.4. The van der Waals surface area contributed by atoms with Crippen molar-refractivity contribution in [2.45, 2.75) is 43.6 Å². The van der Waals surface area contributed by atoms with Gasteiger partial charge in [0.25, 0.3) is 6.04 Å². The van der Waals surface area contributed by atoms with Crippen LogP contribution < -0.4 is 0 Å². The van der Waals surface area contributed by atoms with Crippen molar-refractivity contribution in [2.24, 2.45) is 13.0 Å². The molecule has 1 unspecified atom stereocenters. The van der Waals surface area contributed by atoms with Crippen LogP contribution in [0.5, 0.6) is 0 Å². The Bertz CT molecular complexity index is 1140. The number of fused-ring (bicyclic) bond motifs is 3. The Morgan fingerprint density at radius 1 is 1.10 bits per heavy atom. The van der Waals surface area contributed by atoms with Crippen molar-refractivity contribution in [1.82, 2.24) is 9.78 Å². The van der Waals surface area contributed by atoms with Gasteiger partial charge in [-0.15, -0.1) is 0 Å². The lowest BCUT2D eigenvalue weighted by molar-refractivity contribution is -0.126. The predicted octanol–water partition coefficient (Wildman–Crippen LogP) is 4.95. The molecule has 2 aromatic carbocycles. The zero-order valence-corrected chi connectivity index (χ0v) is 17.4. The Labute approximate surface area is 177 Å². The molecule has 1 fully saturated rings. The summed E-state index contributed by atoms with van der Waals surface area (Å²) >= 11 is 0. The van der Waals surface area contributed by atoms with Crippen LogP contribution in [0.4, 0.5) is 0 Å². The van der Waals surface area contributed by atoms with Gasteiger partial charge in [-0.05, 0) is 24.3 Å². The number of hydrogen-bond acceptors (Lipinski definition) is 2. The molecule has 0 N–H and O–H groups in total. The number of aryl methyl sites for hydroxylation is 1. The van der Waals surface area contributed by atoms with Gasteiger partial charge in [0.05, 0.1) is 17.3 Å². The third-order valence-electron chi connectivity index (χ3n) is 7.23. The summed E-state index contributed by atoms with van der Waals surface area (Å²) in [5.74, 6) is 0.0112. The molecule has 1 aromatic heterocycles. The molecule has 4 nitrogen and oxygen atoms in total. The summed E-state index contributed by atoms with van der Waals surface area (Å²) in [5, 5.41) is 5.01. The maximum Gasteiger partial charge on any atom is 0.282 e. The fraction of sp³-hybridized carbons (Fsp3) is 0.346. The van der Waals surface area contributed by atoms with E-state index in [1.54, 1.807) is 0 Å². The number of Topliss-reactive ketones (excluding diaryl/α,β-unsaturated/α-hetero) is 1. The van der Waals surface area contributed by atoms with Crippen molar-refractivity contribution in [1.29, 1.82) is 0 Å². The van der Waals surface area contributed by atoms with Gasteiger partial charge in [-0.3, -0.25) is 9.48 Å². The smallest absolute Gasteiger partial charge is 0.282 e. The van der Waals surface area contributed by atoms with Gasteiger partial charge in [0.1, 0.15) is 0 Å². The normalized spacial score (nSPS) is 27.8. The fourth-order valence-electron chi connectivity index (χ4n) is 5.87. The number of carbonyl (C=O) groups excluding carboxylic acids is 1. The van der Waals surface area contributed by atoms with E-state index in [4.69, 9.17) is 11.7 Å². The Balaban J connectivity index is 1.67. The maximum absolute atomic E-state index is 13.3. The average molecular weight is 396 g/mol. The Hall–Kier alpha value is -3.19. The molecule has 4 heteroatoms. The third kappa shape index (κ3) is 2.65. The van der Waals surface area contributed by atoms with E-state index in [0.29, 0.717) is 6.42 Å². The molecule has 4 atom stereocenters. The van der Waals surface area contributed by atoms with Crippen molar-refractivity contribution in [3.63, 3.8) is 0 Å². The molecule has 3 aromatic rings. The monoisotopic (exact) mass is 395 g/mol. The van der Waals surface area contributed by atoms with Crippen LogP contribution in [-0.2, 0) is 23.7 Å². The molecule has 150 valence electrons. The first-order valence-corrected chi connectivity index (χ1v) is 10.6. The summed E-state index contributed by atoms with van der Waals surface area (Å²) in [5.41, 5.74) is 5.45. The van der Waals surface area contributed by atoms with Crippen LogP contribution >= 0.6 is 0 Å². The van der Waals surface area contributed by atoms with Crippen molar-refractivity contribution < 1.29 is 4.79 Å². The van der Waals surface area contributed by atoms with Crippen LogP contribution in [-0.4, -0.2) is 21.6 Å². The molecule has 2 aliphatic rings. The van der Waals surface area contributed by atoms with E-state index in [9.17, 15) is 4.79 Å². The standard InChI is InChI=1S/C26H25N3O/c1-26-16-21(27-2)24(30)22(17-10-6-4-7-11-17)20(26)15-14-19-23(29(3)28-25(19)26)18-12-8-5-9-13-18/h4-13,20-22H,14-16H2,1,3H3/t20-,21?,22-,26-/m0/s1. The Morgan fingerprint density at radius 2 is 1.77 bits per heavy atom. The van der Waals surface area contributed by atoms with E-state index in [0.717, 1.165) is 29.8 Å². The Morgan fingerprint density at radius 3 is 2.43 bits per heavy atom. The van der Waals surface area contributed by atoms with Gasteiger partial charge in [0, 0.05) is 30.0 Å². The van der Waals surface area contributed by atoms with Crippen LogP contribution in [0.15, 0.2) is 60.7 Å². The molecule has 30 heavy (non-hydrogen) atoms. The maximum atomic E-state index is 13.3. The van der Waals surface area contributed by atoms with Crippen LogP contribution in [0, 0.1) is 12.5 Å². The lowest BCUT2D eigenvalue weighted by atomic mass is 9.53. The number of hydrogen-bond donors (Lipinski definition) is 0. The number of nitrogens with zero attached hydrogens (tertiary/aromatic N) is 3. The van der Waals surface area contributed by atoms with Gasteiger partial charge < -0.3 is 4.85 Å². The van der Waals surface area contributed by atoms with Gasteiger partial charge in [-0.25, -0.2) is 6.57 Å². The van der Waals surface area contributed by atoms with E-state index >= 15 is 0 Å². The van der Waals surface area contributed by atoms with Crippen molar-refractivity contribution >= 4 is 5.78 Å². The molecule has 0 spiro atoms. The first kappa shape index (κ1) is 18.8. The second-order valence-corrected chi connectivity index (χ2v) is 8.87. The quantitative estimate of drug-likeness (QED) is 0.576. The van der Waals surface area contributed by atoms with Crippen molar-refractivity contribution in [2.75, 3.05) is 0 Å². The number of aromatic nitrogens is 2. The second-order valence-electron chi connectivity index (χ2n) is 8.87. The molecule has 5 rings (SSSR count). The predicted molar refractivity (Wildman–Crippen MR) is 117 cm³/mol. The minimum Gasteiger partial charge on any atom is -0.305 e. The molecular formula is C26H25N3O. The highest BCUT2D eigenvalue weighted by molar-refractivity contribution is 5.93. The average Bonchev–Trinajstić information content (AvgIpc) is 3.12. The highest BCUT2D eigenvalue weighted by atomic mass is 16.1. The molecule has 0 saturated heterocycles. The summed E-state index contributed by atoms with van der Waals surface area (Å²) in [6.07, 6.45) is 2.40. The molecular weight excluding hydrogens is 370 g/mol. The largest absolute Gasteiger partial charge is 0.305 e. The molecule has 2 aliphatic carbocycles. The highest BCUT2D eigenvalue weighted by Crippen LogP contribution is 2.55. The molecule has 0 amide bonds. The van der Waals surface area contributed by atoms with Gasteiger partial charge >= 0.3 is 0 Å². The summed E-state index contributed by atoms with van der Waals surface area (Å²) in [6, 6.07) is 19.8. The van der Waals surface area contributed by atoms with Gasteiger partial charge in [-0.1, -0.05) is 67.6 Å². The zero-order chi connectivity index (χ0) is 20.9. The minimum atomic E-state index is -0.607. The van der Waals surface area contributed by atoms with E-state index in [2.05, 4.69) is 36.0 Å². The van der Waals surface area contributed by atoms with Gasteiger partial charge in [0.2, 0.25) is 5.78 Å². The molecule has 0 aliphatic heterocycles. The molecule has 0 bridgehead atoms. The number of carbonyl (C=O) groups is 1. The van der Waals surface area contributed by atoms with Crippen molar-refractivity contribution in [3.8, 4) is 11.3 Å². The van der Waals surface area contributed by atoms with Crippen LogP contribution in [0.1, 0.15) is 42.5 Å². The summed E-state index contributed by atoms with van der Waals surface area (Å²) in [7, 11) is 2.01. The molecule has 0 radical (unpaired) electrons. The fourth-order valence-corrected chi connectivity index (χ4v) is 5.87. The van der Waals surface area contributed by atoms with Crippen LogP contribution in [0.2, 0.25) is 0 Å². The summed E-state index contributed by atoms with van der Waals surface area (Å²) in [4.78, 5) is 17.1. The second kappa shape index (κ2) is 6.95. The lowest BCUT2D eigenvalue weighted by Gasteiger charge is -2.47. The third-order valence-corrected chi connectivity index (χ3v) is 7.23.